The number of benzene rings is 2. The molecule has 2 heterocycles. The summed E-state index contributed by atoms with van der Waals surface area (Å²) < 4.78 is 17.2. The third-order valence-electron chi connectivity index (χ3n) is 6.28. The van der Waals surface area contributed by atoms with E-state index in [1.807, 2.05) is 17.7 Å². The minimum Gasteiger partial charge on any atom is -0.393 e. The lowest BCUT2D eigenvalue weighted by atomic mass is 9.95. The van der Waals surface area contributed by atoms with Crippen molar-refractivity contribution in [1.29, 1.82) is 0 Å². The van der Waals surface area contributed by atoms with Crippen LogP contribution >= 0.6 is 23.2 Å². The fourth-order valence-electron chi connectivity index (χ4n) is 4.06. The molecule has 3 N–H and O–H groups in total. The number of aliphatic hydroxyl groups is 1. The van der Waals surface area contributed by atoms with Crippen LogP contribution in [0, 0.1) is 11.2 Å². The van der Waals surface area contributed by atoms with Crippen LogP contribution in [0.4, 0.5) is 21.7 Å². The predicted molar refractivity (Wildman–Crippen MR) is 139 cm³/mol. The maximum Gasteiger partial charge on any atom is 0.225 e. The number of aryl methyl sites for hydroxylation is 1. The maximum atomic E-state index is 15.4. The minimum atomic E-state index is -0.578. The first-order valence-corrected chi connectivity index (χ1v) is 12.3. The van der Waals surface area contributed by atoms with Crippen LogP contribution < -0.4 is 15.5 Å². The highest BCUT2D eigenvalue weighted by atomic mass is 35.5. The lowest BCUT2D eigenvalue weighted by Gasteiger charge is -2.32. The summed E-state index contributed by atoms with van der Waals surface area (Å²) in [5.41, 5.74) is 2.18. The molecule has 1 aromatic heterocycles. The van der Waals surface area contributed by atoms with Crippen LogP contribution in [-0.2, 0) is 18.4 Å². The molecule has 1 amide bonds. The number of anilines is 3. The second-order valence-corrected chi connectivity index (χ2v) is 10.8. The van der Waals surface area contributed by atoms with Crippen LogP contribution in [0.15, 0.2) is 24.3 Å². The average Bonchev–Trinajstić information content (AvgIpc) is 3.09. The number of nitrogens with one attached hydrogen (secondary N) is 2. The summed E-state index contributed by atoms with van der Waals surface area (Å²) in [6, 6.07) is 6.90. The van der Waals surface area contributed by atoms with Gasteiger partial charge < -0.3 is 25.2 Å². The molecule has 0 atom stereocenters. The molecule has 1 aliphatic rings. The predicted octanol–water partition coefficient (Wildman–Crippen LogP) is 5.39. The summed E-state index contributed by atoms with van der Waals surface area (Å²) in [4.78, 5) is 19.0. The van der Waals surface area contributed by atoms with E-state index in [0.717, 1.165) is 11.2 Å². The molecule has 1 fully saturated rings. The van der Waals surface area contributed by atoms with Gasteiger partial charge in [0.25, 0.3) is 0 Å². The molecular weight excluding hydrogens is 492 g/mol. The molecule has 0 unspecified atom stereocenters. The number of carbonyl (C=O) groups excluding carboxylic acids is 1. The van der Waals surface area contributed by atoms with Gasteiger partial charge in [-0.2, -0.15) is 0 Å². The summed E-state index contributed by atoms with van der Waals surface area (Å²) in [6.45, 7) is 6.87. The van der Waals surface area contributed by atoms with Gasteiger partial charge in [-0.05, 0) is 31.0 Å². The van der Waals surface area contributed by atoms with Crippen LogP contribution in [0.1, 0.15) is 39.2 Å². The van der Waals surface area contributed by atoms with Crippen molar-refractivity contribution in [3.05, 3.63) is 45.7 Å². The van der Waals surface area contributed by atoms with Crippen LogP contribution in [0.3, 0.4) is 0 Å². The molecule has 0 saturated carbocycles. The Morgan fingerprint density at radius 3 is 2.54 bits per heavy atom. The number of fused-ring (bicyclic) bond motifs is 1. The second-order valence-electron chi connectivity index (χ2n) is 9.96. The second kappa shape index (κ2) is 9.84. The lowest BCUT2D eigenvalue weighted by molar-refractivity contribution is -0.128. The first-order chi connectivity index (χ1) is 16.5. The molecule has 4 rings (SSSR count). The summed E-state index contributed by atoms with van der Waals surface area (Å²) in [5.74, 6) is -0.323. The van der Waals surface area contributed by atoms with E-state index < -0.39 is 11.2 Å². The number of imidazole rings is 1. The van der Waals surface area contributed by atoms with E-state index in [1.54, 1.807) is 39.0 Å². The van der Waals surface area contributed by atoms with Gasteiger partial charge in [-0.25, -0.2) is 9.37 Å². The average molecular weight is 522 g/mol. The number of piperidine rings is 1. The van der Waals surface area contributed by atoms with Crippen molar-refractivity contribution in [2.45, 2.75) is 46.3 Å². The van der Waals surface area contributed by atoms with Gasteiger partial charge in [-0.1, -0.05) is 50.0 Å². The van der Waals surface area contributed by atoms with Crippen LogP contribution in [0.5, 0.6) is 0 Å². The number of halogens is 3. The summed E-state index contributed by atoms with van der Waals surface area (Å²) in [7, 11) is 1.83. The molecule has 10 heteroatoms. The molecule has 1 saturated heterocycles. The number of aromatic nitrogens is 2. The zero-order valence-corrected chi connectivity index (χ0v) is 21.8. The molecule has 1 aliphatic heterocycles. The van der Waals surface area contributed by atoms with Gasteiger partial charge >= 0.3 is 0 Å². The van der Waals surface area contributed by atoms with Gasteiger partial charge in [-0.3, -0.25) is 4.79 Å². The van der Waals surface area contributed by atoms with Crippen molar-refractivity contribution >= 4 is 57.5 Å². The smallest absolute Gasteiger partial charge is 0.225 e. The Morgan fingerprint density at radius 2 is 1.89 bits per heavy atom. The molecule has 3 aromatic rings. The normalized spacial score (nSPS) is 15.0. The first kappa shape index (κ1) is 25.5. The zero-order valence-electron chi connectivity index (χ0n) is 20.3. The summed E-state index contributed by atoms with van der Waals surface area (Å²) in [5, 5.41) is 16.4. The Bertz CT molecular complexity index is 1260. The van der Waals surface area contributed by atoms with E-state index in [-0.39, 0.29) is 29.3 Å². The van der Waals surface area contributed by atoms with Gasteiger partial charge in [0.05, 0.1) is 38.6 Å². The number of rotatable bonds is 5. The number of carbonyl (C=O) groups is 1. The molecule has 0 spiro atoms. The van der Waals surface area contributed by atoms with Crippen molar-refractivity contribution in [2.75, 3.05) is 23.3 Å². The van der Waals surface area contributed by atoms with Gasteiger partial charge in [-0.15, -0.1) is 0 Å². The largest absolute Gasteiger partial charge is 0.393 e. The number of aliphatic hydroxyl groups excluding tert-OH is 1. The van der Waals surface area contributed by atoms with E-state index in [4.69, 9.17) is 23.2 Å². The third-order valence-corrected chi connectivity index (χ3v) is 6.90. The van der Waals surface area contributed by atoms with E-state index >= 15 is 4.39 Å². The van der Waals surface area contributed by atoms with Crippen molar-refractivity contribution in [3.8, 4) is 0 Å². The quantitative estimate of drug-likeness (QED) is 0.419. The van der Waals surface area contributed by atoms with Crippen molar-refractivity contribution in [3.63, 3.8) is 0 Å². The summed E-state index contributed by atoms with van der Waals surface area (Å²) >= 11 is 12.9. The van der Waals surface area contributed by atoms with E-state index in [2.05, 4.69) is 20.5 Å². The number of amides is 1. The SMILES string of the molecule is Cn1c(Nc2c(Cl)ccc(CNC(=O)C(C)(C)C)c2F)nc2cc(Cl)c(N3CCC(O)CC3)cc21. The molecule has 0 bridgehead atoms. The first-order valence-electron chi connectivity index (χ1n) is 11.6. The number of hydrogen-bond donors (Lipinski definition) is 3. The standard InChI is InChI=1S/C25H30Cl2FN5O2/c1-25(2,3)23(35)29-13-14-5-6-16(26)22(21(14)28)31-24-30-18-11-17(27)19(12-20(18)32(24)4)33-9-7-15(34)8-10-33/h5-6,11-12,15,34H,7-10,13H2,1-4H3,(H,29,35)(H,30,31). The van der Waals surface area contributed by atoms with E-state index in [0.29, 0.717) is 48.0 Å². The van der Waals surface area contributed by atoms with Crippen LogP contribution in [-0.4, -0.2) is 39.8 Å². The molecule has 2 aromatic carbocycles. The topological polar surface area (TPSA) is 82.4 Å². The number of nitrogens with zero attached hydrogens (tertiary/aromatic N) is 3. The highest BCUT2D eigenvalue weighted by Crippen LogP contribution is 2.35. The fraction of sp³-hybridized carbons (Fsp3) is 0.440. The minimum absolute atomic E-state index is 0.0415. The van der Waals surface area contributed by atoms with Gasteiger partial charge in [0.1, 0.15) is 0 Å². The van der Waals surface area contributed by atoms with Crippen LogP contribution in [0.25, 0.3) is 11.0 Å². The van der Waals surface area contributed by atoms with Gasteiger partial charge in [0.2, 0.25) is 11.9 Å². The fourth-order valence-corrected chi connectivity index (χ4v) is 4.53. The Kier molecular flexibility index (Phi) is 7.18. The van der Waals surface area contributed by atoms with Gasteiger partial charge in [0.15, 0.2) is 5.82 Å². The number of hydrogen-bond acceptors (Lipinski definition) is 5. The summed E-state index contributed by atoms with van der Waals surface area (Å²) in [6.07, 6.45) is 1.10. The molecule has 35 heavy (non-hydrogen) atoms. The molecule has 7 nitrogen and oxygen atoms in total. The lowest BCUT2D eigenvalue weighted by Crippen LogP contribution is -2.35. The van der Waals surface area contributed by atoms with E-state index in [9.17, 15) is 9.90 Å². The van der Waals surface area contributed by atoms with Crippen molar-refractivity contribution in [1.82, 2.24) is 14.9 Å². The zero-order chi connectivity index (χ0) is 25.5. The molecule has 0 radical (unpaired) electrons. The highest BCUT2D eigenvalue weighted by Gasteiger charge is 2.23. The Labute approximate surface area is 214 Å². The van der Waals surface area contributed by atoms with Crippen molar-refractivity contribution < 1.29 is 14.3 Å². The molecule has 0 aliphatic carbocycles. The third kappa shape index (κ3) is 5.34. The molecule has 188 valence electrons. The monoisotopic (exact) mass is 521 g/mol. The Hall–Kier alpha value is -2.55. The molecular formula is C25H30Cl2FN5O2. The Balaban J connectivity index is 1.62. The van der Waals surface area contributed by atoms with E-state index in [1.165, 1.54) is 0 Å². The highest BCUT2D eigenvalue weighted by molar-refractivity contribution is 6.34. The maximum absolute atomic E-state index is 15.4. The van der Waals surface area contributed by atoms with Gasteiger partial charge in [0, 0.05) is 37.7 Å². The Morgan fingerprint density at radius 1 is 1.20 bits per heavy atom. The van der Waals surface area contributed by atoms with Crippen LogP contribution in [0.2, 0.25) is 10.0 Å². The van der Waals surface area contributed by atoms with Crippen molar-refractivity contribution in [2.24, 2.45) is 12.5 Å².